The van der Waals surface area contributed by atoms with Crippen LogP contribution in [0.25, 0.3) is 11.7 Å². The molecule has 1 atom stereocenters. The maximum Gasteiger partial charge on any atom is 0.284 e. The third-order valence-electron chi connectivity index (χ3n) is 4.63. The molecule has 1 aliphatic carbocycles. The molecule has 0 aliphatic heterocycles. The summed E-state index contributed by atoms with van der Waals surface area (Å²) in [7, 11) is 1.72. The van der Waals surface area contributed by atoms with Crippen LogP contribution in [0.1, 0.15) is 39.0 Å². The summed E-state index contributed by atoms with van der Waals surface area (Å²) in [4.78, 5) is 14.4. The van der Waals surface area contributed by atoms with Crippen LogP contribution >= 0.6 is 11.8 Å². The number of nitriles is 1. The van der Waals surface area contributed by atoms with Gasteiger partial charge in [-0.25, -0.2) is 0 Å². The van der Waals surface area contributed by atoms with Crippen LogP contribution in [0.2, 0.25) is 0 Å². The summed E-state index contributed by atoms with van der Waals surface area (Å²) >= 11 is 1.19. The lowest BCUT2D eigenvalue weighted by Gasteiger charge is -2.39. The van der Waals surface area contributed by atoms with E-state index >= 15 is 0 Å². The van der Waals surface area contributed by atoms with Crippen molar-refractivity contribution in [3.63, 3.8) is 0 Å². The zero-order valence-electron chi connectivity index (χ0n) is 14.3. The molecule has 1 fully saturated rings. The first kappa shape index (κ1) is 17.5. The van der Waals surface area contributed by atoms with Gasteiger partial charge in [0.15, 0.2) is 5.76 Å². The van der Waals surface area contributed by atoms with E-state index in [1.165, 1.54) is 18.0 Å². The van der Waals surface area contributed by atoms with Crippen molar-refractivity contribution in [2.24, 2.45) is 0 Å². The van der Waals surface area contributed by atoms with E-state index in [1.807, 2.05) is 0 Å². The third-order valence-corrected chi connectivity index (χ3v) is 5.55. The molecule has 2 aromatic heterocycles. The number of amides is 1. The van der Waals surface area contributed by atoms with Gasteiger partial charge in [-0.2, -0.15) is 5.26 Å². The number of aromatic nitrogens is 2. The SMILES string of the molecule is C[C@@H](Sc1nnc(-c2ccco2)o1)C(=O)N(C)C1(C#N)CCCCC1. The molecule has 1 amide bonds. The van der Waals surface area contributed by atoms with Crippen LogP contribution in [0.15, 0.2) is 32.5 Å². The van der Waals surface area contributed by atoms with Gasteiger partial charge in [-0.1, -0.05) is 31.0 Å². The number of hydrogen-bond donors (Lipinski definition) is 0. The van der Waals surface area contributed by atoms with Crippen LogP contribution in [-0.2, 0) is 4.79 Å². The molecule has 0 radical (unpaired) electrons. The molecule has 8 heteroatoms. The highest BCUT2D eigenvalue weighted by Crippen LogP contribution is 2.34. The molecule has 2 aromatic rings. The number of hydrogen-bond acceptors (Lipinski definition) is 7. The topological polar surface area (TPSA) is 96.2 Å². The molecule has 1 aliphatic rings. The monoisotopic (exact) mass is 360 g/mol. The Labute approximate surface area is 150 Å². The summed E-state index contributed by atoms with van der Waals surface area (Å²) < 4.78 is 10.8. The first-order valence-electron chi connectivity index (χ1n) is 8.29. The van der Waals surface area contributed by atoms with Gasteiger partial charge in [0, 0.05) is 7.05 Å². The van der Waals surface area contributed by atoms with Crippen molar-refractivity contribution < 1.29 is 13.6 Å². The first-order chi connectivity index (χ1) is 12.1. The van der Waals surface area contributed by atoms with Crippen molar-refractivity contribution in [1.82, 2.24) is 15.1 Å². The molecular formula is C17H20N4O3S. The highest BCUT2D eigenvalue weighted by atomic mass is 32.2. The fourth-order valence-corrected chi connectivity index (χ4v) is 3.88. The van der Waals surface area contributed by atoms with Crippen LogP contribution in [0.3, 0.4) is 0 Å². The van der Waals surface area contributed by atoms with Crippen molar-refractivity contribution >= 4 is 17.7 Å². The average molecular weight is 360 g/mol. The molecule has 132 valence electrons. The molecule has 3 rings (SSSR count). The Morgan fingerprint density at radius 1 is 1.40 bits per heavy atom. The molecule has 0 spiro atoms. The van der Waals surface area contributed by atoms with Gasteiger partial charge < -0.3 is 13.7 Å². The minimum absolute atomic E-state index is 0.105. The maximum absolute atomic E-state index is 12.8. The maximum atomic E-state index is 12.8. The molecule has 0 aromatic carbocycles. The summed E-state index contributed by atoms with van der Waals surface area (Å²) in [6.45, 7) is 1.79. The minimum atomic E-state index is -0.696. The summed E-state index contributed by atoms with van der Waals surface area (Å²) in [5, 5.41) is 17.4. The van der Waals surface area contributed by atoms with E-state index < -0.39 is 10.8 Å². The van der Waals surface area contributed by atoms with Crippen molar-refractivity contribution in [2.75, 3.05) is 7.05 Å². The van der Waals surface area contributed by atoms with Crippen LogP contribution in [0, 0.1) is 11.3 Å². The predicted molar refractivity (Wildman–Crippen MR) is 91.5 cm³/mol. The van der Waals surface area contributed by atoms with E-state index in [9.17, 15) is 10.1 Å². The van der Waals surface area contributed by atoms with E-state index in [4.69, 9.17) is 8.83 Å². The minimum Gasteiger partial charge on any atom is -0.459 e. The second-order valence-corrected chi connectivity index (χ2v) is 7.50. The van der Waals surface area contributed by atoms with Gasteiger partial charge >= 0.3 is 0 Å². The molecule has 25 heavy (non-hydrogen) atoms. The lowest BCUT2D eigenvalue weighted by molar-refractivity contribution is -0.133. The molecule has 0 bridgehead atoms. The lowest BCUT2D eigenvalue weighted by atomic mass is 9.81. The van der Waals surface area contributed by atoms with Crippen LogP contribution in [0.5, 0.6) is 0 Å². The van der Waals surface area contributed by atoms with Gasteiger partial charge in [-0.05, 0) is 31.9 Å². The zero-order chi connectivity index (χ0) is 17.9. The Morgan fingerprint density at radius 2 is 2.16 bits per heavy atom. The first-order valence-corrected chi connectivity index (χ1v) is 9.17. The van der Waals surface area contributed by atoms with E-state index in [-0.39, 0.29) is 11.8 Å². The highest BCUT2D eigenvalue weighted by Gasteiger charge is 2.40. The van der Waals surface area contributed by atoms with Gasteiger partial charge in [0.2, 0.25) is 5.91 Å². The number of nitrogens with zero attached hydrogens (tertiary/aromatic N) is 4. The molecule has 2 heterocycles. The number of thioether (sulfide) groups is 1. The largest absolute Gasteiger partial charge is 0.459 e. The lowest BCUT2D eigenvalue weighted by Crippen LogP contribution is -2.52. The summed E-state index contributed by atoms with van der Waals surface area (Å²) in [5.74, 6) is 0.661. The highest BCUT2D eigenvalue weighted by molar-refractivity contribution is 8.00. The number of carbonyl (C=O) groups excluding carboxylic acids is 1. The van der Waals surface area contributed by atoms with Gasteiger partial charge in [0.25, 0.3) is 11.1 Å². The average Bonchev–Trinajstić information content (AvgIpc) is 3.32. The van der Waals surface area contributed by atoms with E-state index in [0.717, 1.165) is 32.1 Å². The number of rotatable bonds is 5. The van der Waals surface area contributed by atoms with Crippen molar-refractivity contribution in [1.29, 1.82) is 5.26 Å². The van der Waals surface area contributed by atoms with Crippen molar-refractivity contribution in [2.45, 2.75) is 55.0 Å². The standard InChI is InChI=1S/C17H20N4O3S/c1-12(15(22)21(2)17(11-18)8-4-3-5-9-17)25-16-20-19-14(24-16)13-7-6-10-23-13/h6-7,10,12H,3-5,8-9H2,1-2H3/t12-/m1/s1. The van der Waals surface area contributed by atoms with E-state index in [0.29, 0.717) is 11.0 Å². The molecule has 0 N–H and O–H groups in total. The second kappa shape index (κ2) is 7.31. The Kier molecular flexibility index (Phi) is 5.13. The van der Waals surface area contributed by atoms with Gasteiger partial charge in [0.1, 0.15) is 5.54 Å². The van der Waals surface area contributed by atoms with Gasteiger partial charge in [0.05, 0.1) is 17.6 Å². The second-order valence-electron chi connectivity index (χ2n) is 6.21. The molecular weight excluding hydrogens is 340 g/mol. The summed E-state index contributed by atoms with van der Waals surface area (Å²) in [5.41, 5.74) is -0.696. The molecule has 7 nitrogen and oxygen atoms in total. The molecule has 0 saturated heterocycles. The third kappa shape index (κ3) is 3.56. The molecule has 1 saturated carbocycles. The van der Waals surface area contributed by atoms with E-state index in [2.05, 4.69) is 16.3 Å². The normalized spacial score (nSPS) is 17.6. The summed E-state index contributed by atoms with van der Waals surface area (Å²) in [6, 6.07) is 5.83. The Balaban J connectivity index is 1.67. The molecule has 0 unspecified atom stereocenters. The fraction of sp³-hybridized carbons (Fsp3) is 0.529. The van der Waals surface area contributed by atoms with Crippen LogP contribution < -0.4 is 0 Å². The number of carbonyl (C=O) groups is 1. The predicted octanol–water partition coefficient (Wildman–Crippen LogP) is 3.50. The number of furan rings is 1. The van der Waals surface area contributed by atoms with Crippen LogP contribution in [0.4, 0.5) is 0 Å². The Hall–Kier alpha value is -2.27. The summed E-state index contributed by atoms with van der Waals surface area (Å²) in [6.07, 6.45) is 6.05. The van der Waals surface area contributed by atoms with Crippen molar-refractivity contribution in [3.05, 3.63) is 18.4 Å². The van der Waals surface area contributed by atoms with Gasteiger partial charge in [-0.3, -0.25) is 4.79 Å². The smallest absolute Gasteiger partial charge is 0.284 e. The zero-order valence-corrected chi connectivity index (χ0v) is 15.1. The van der Waals surface area contributed by atoms with E-state index in [1.54, 1.807) is 31.0 Å². The Morgan fingerprint density at radius 3 is 2.80 bits per heavy atom. The quantitative estimate of drug-likeness (QED) is 0.753. The van der Waals surface area contributed by atoms with Crippen LogP contribution in [-0.4, -0.2) is 38.8 Å². The van der Waals surface area contributed by atoms with Gasteiger partial charge in [-0.15, -0.1) is 10.2 Å². The fourth-order valence-electron chi connectivity index (χ4n) is 3.10. The Bertz CT molecular complexity index is 759. The van der Waals surface area contributed by atoms with Crippen molar-refractivity contribution in [3.8, 4) is 17.7 Å².